The number of rotatable bonds is 2. The van der Waals surface area contributed by atoms with Crippen LogP contribution in [0.5, 0.6) is 0 Å². The third kappa shape index (κ3) is 8.68. The lowest BCUT2D eigenvalue weighted by atomic mass is 10.1. The molecule has 1 unspecified atom stereocenters. The van der Waals surface area contributed by atoms with Crippen LogP contribution in [0.3, 0.4) is 0 Å². The average Bonchev–Trinajstić information content (AvgIpc) is 2.65. The molecule has 0 spiro atoms. The minimum Gasteiger partial charge on any atom is -0.462 e. The van der Waals surface area contributed by atoms with Gasteiger partial charge in [-0.05, 0) is 51.9 Å². The van der Waals surface area contributed by atoms with Gasteiger partial charge >= 0.3 is 5.97 Å². The van der Waals surface area contributed by atoms with E-state index in [9.17, 15) is 14.4 Å². The van der Waals surface area contributed by atoms with E-state index in [1.807, 2.05) is 25.8 Å². The Morgan fingerprint density at radius 3 is 1.92 bits per heavy atom. The molecule has 0 aromatic rings. The summed E-state index contributed by atoms with van der Waals surface area (Å²) in [6.45, 7) is 6.90. The quantitative estimate of drug-likeness (QED) is 0.702. The number of hydrogen-bond acceptors (Lipinski definition) is 4. The van der Waals surface area contributed by atoms with Crippen LogP contribution in [-0.4, -0.2) is 60.4 Å². The zero-order valence-corrected chi connectivity index (χ0v) is 16.8. The van der Waals surface area contributed by atoms with Crippen molar-refractivity contribution >= 4 is 17.8 Å². The van der Waals surface area contributed by atoms with Crippen molar-refractivity contribution in [3.63, 3.8) is 0 Å². The molecule has 3 saturated heterocycles. The number of likely N-dealkylation sites (tertiary alicyclic amines) is 2. The van der Waals surface area contributed by atoms with E-state index in [1.165, 1.54) is 12.8 Å². The minimum absolute atomic E-state index is 0.0203. The number of carbonyl (C=O) groups is 3. The van der Waals surface area contributed by atoms with Crippen molar-refractivity contribution < 1.29 is 19.1 Å². The molecule has 6 nitrogen and oxygen atoms in total. The predicted molar refractivity (Wildman–Crippen MR) is 102 cm³/mol. The van der Waals surface area contributed by atoms with E-state index < -0.39 is 0 Å². The Kier molecular flexibility index (Phi) is 11.0. The van der Waals surface area contributed by atoms with E-state index in [4.69, 9.17) is 4.74 Å². The summed E-state index contributed by atoms with van der Waals surface area (Å²) in [4.78, 5) is 36.0. The van der Waals surface area contributed by atoms with Gasteiger partial charge in [0.25, 0.3) is 0 Å². The fraction of sp³-hybridized carbons (Fsp3) is 0.850. The van der Waals surface area contributed by atoms with E-state index in [-0.39, 0.29) is 12.1 Å². The maximum absolute atomic E-state index is 11.0. The Morgan fingerprint density at radius 1 is 0.885 bits per heavy atom. The molecule has 0 N–H and O–H groups in total. The number of piperidine rings is 2. The zero-order valence-electron chi connectivity index (χ0n) is 16.8. The van der Waals surface area contributed by atoms with Gasteiger partial charge in [0.1, 0.15) is 6.10 Å². The topological polar surface area (TPSA) is 66.9 Å². The third-order valence-electron chi connectivity index (χ3n) is 5.02. The number of ether oxygens (including phenoxy) is 1. The summed E-state index contributed by atoms with van der Waals surface area (Å²) < 4.78 is 5.00. The fourth-order valence-corrected chi connectivity index (χ4v) is 3.20. The van der Waals surface area contributed by atoms with Gasteiger partial charge in [0.2, 0.25) is 11.8 Å². The molecule has 3 fully saturated rings. The molecule has 3 aliphatic rings. The van der Waals surface area contributed by atoms with Crippen molar-refractivity contribution in [3.8, 4) is 0 Å². The Bertz CT molecular complexity index is 453. The lowest BCUT2D eigenvalue weighted by Crippen LogP contribution is -2.34. The van der Waals surface area contributed by atoms with Gasteiger partial charge in [0.05, 0.1) is 0 Å². The molecule has 0 radical (unpaired) electrons. The van der Waals surface area contributed by atoms with Crippen molar-refractivity contribution in [3.05, 3.63) is 0 Å². The highest BCUT2D eigenvalue weighted by atomic mass is 16.5. The number of hydrogen-bond donors (Lipinski definition) is 0. The van der Waals surface area contributed by atoms with Crippen LogP contribution in [-0.2, 0) is 19.1 Å². The highest BCUT2D eigenvalue weighted by Crippen LogP contribution is 2.15. The number of amides is 2. The van der Waals surface area contributed by atoms with Crippen LogP contribution < -0.4 is 0 Å². The molecule has 0 aromatic carbocycles. The number of esters is 1. The monoisotopic (exact) mass is 368 g/mol. The van der Waals surface area contributed by atoms with Crippen molar-refractivity contribution in [2.24, 2.45) is 0 Å². The first-order valence-corrected chi connectivity index (χ1v) is 10.2. The Morgan fingerprint density at radius 2 is 1.54 bits per heavy atom. The van der Waals surface area contributed by atoms with Gasteiger partial charge in [-0.25, -0.2) is 0 Å². The van der Waals surface area contributed by atoms with Crippen LogP contribution >= 0.6 is 0 Å². The van der Waals surface area contributed by atoms with Crippen molar-refractivity contribution in [2.45, 2.75) is 84.2 Å². The summed E-state index contributed by atoms with van der Waals surface area (Å²) in [5.41, 5.74) is 0. The summed E-state index contributed by atoms with van der Waals surface area (Å²) in [6, 6.07) is 0. The first-order chi connectivity index (χ1) is 12.5. The van der Waals surface area contributed by atoms with Gasteiger partial charge in [0.15, 0.2) is 0 Å². The molecule has 0 aliphatic carbocycles. The molecule has 2 amide bonds. The summed E-state index contributed by atoms with van der Waals surface area (Å²) in [5.74, 6) is 0.619. The second kappa shape index (κ2) is 12.7. The third-order valence-corrected chi connectivity index (χ3v) is 5.02. The van der Waals surface area contributed by atoms with Gasteiger partial charge in [-0.3, -0.25) is 14.4 Å². The van der Waals surface area contributed by atoms with Gasteiger partial charge < -0.3 is 14.5 Å². The average molecular weight is 369 g/mol. The molecule has 0 aromatic heterocycles. The van der Waals surface area contributed by atoms with Crippen LogP contribution in [0.2, 0.25) is 0 Å². The van der Waals surface area contributed by atoms with Gasteiger partial charge in [0, 0.05) is 45.9 Å². The van der Waals surface area contributed by atoms with Crippen LogP contribution in [0.25, 0.3) is 0 Å². The molecule has 150 valence electrons. The van der Waals surface area contributed by atoms with E-state index >= 15 is 0 Å². The lowest BCUT2D eigenvalue weighted by Gasteiger charge is -2.24. The summed E-state index contributed by atoms with van der Waals surface area (Å²) in [6.07, 6.45) is 9.96. The van der Waals surface area contributed by atoms with Crippen LogP contribution in [0, 0.1) is 0 Å². The molecule has 1 atom stereocenters. The van der Waals surface area contributed by atoms with Crippen LogP contribution in [0.4, 0.5) is 0 Å². The van der Waals surface area contributed by atoms with Crippen LogP contribution in [0.15, 0.2) is 0 Å². The summed E-state index contributed by atoms with van der Waals surface area (Å²) in [5, 5.41) is 0. The predicted octanol–water partition coefficient (Wildman–Crippen LogP) is 3.14. The lowest BCUT2D eigenvalue weighted by molar-refractivity contribution is -0.153. The molecule has 6 heteroatoms. The number of nitrogens with zero attached hydrogens (tertiary/aromatic N) is 2. The maximum Gasteiger partial charge on any atom is 0.306 e. The van der Waals surface area contributed by atoms with E-state index in [0.29, 0.717) is 18.2 Å². The van der Waals surface area contributed by atoms with E-state index in [2.05, 4.69) is 0 Å². The molecule has 3 aliphatic heterocycles. The van der Waals surface area contributed by atoms with Crippen LogP contribution in [0.1, 0.15) is 78.1 Å². The molecular weight excluding hydrogens is 332 g/mol. The highest BCUT2D eigenvalue weighted by Gasteiger charge is 2.17. The first kappa shape index (κ1) is 22.5. The Balaban J connectivity index is 0.000000195. The molecular formula is C20H36N2O4. The molecule has 0 bridgehead atoms. The maximum atomic E-state index is 11.0. The fourth-order valence-electron chi connectivity index (χ4n) is 3.20. The van der Waals surface area contributed by atoms with Crippen molar-refractivity contribution in [1.29, 1.82) is 0 Å². The smallest absolute Gasteiger partial charge is 0.306 e. The van der Waals surface area contributed by atoms with E-state index in [1.54, 1.807) is 4.90 Å². The molecule has 3 rings (SSSR count). The summed E-state index contributed by atoms with van der Waals surface area (Å²) >= 11 is 0. The zero-order chi connectivity index (χ0) is 19.4. The van der Waals surface area contributed by atoms with Crippen molar-refractivity contribution in [2.75, 3.05) is 26.7 Å². The Hall–Kier alpha value is -1.59. The summed E-state index contributed by atoms with van der Waals surface area (Å²) in [7, 11) is 1.86. The van der Waals surface area contributed by atoms with E-state index in [0.717, 1.165) is 64.6 Å². The molecule has 26 heavy (non-hydrogen) atoms. The van der Waals surface area contributed by atoms with Gasteiger partial charge in [-0.1, -0.05) is 6.92 Å². The minimum atomic E-state index is -0.0203. The second-order valence-corrected chi connectivity index (χ2v) is 7.12. The number of carbonyl (C=O) groups excluding carboxylic acids is 3. The van der Waals surface area contributed by atoms with Crippen molar-refractivity contribution in [1.82, 2.24) is 9.80 Å². The highest BCUT2D eigenvalue weighted by molar-refractivity contribution is 5.77. The SMILES string of the molecule is CCC1CCCC(=O)O1.CCN1CCCCC1=O.CN1CCCCC1=O. The standard InChI is InChI=1S/C7H13NO.C7H12O2.C6H11NO/c1-2-8-6-4-3-5-7(8)9;1-2-6-4-3-5-7(8)9-6;1-7-5-3-2-4-6(7)8/h2-6H2,1H3;6H,2-5H2,1H3;2-5H2,1H3. The second-order valence-electron chi connectivity index (χ2n) is 7.12. The normalized spacial score (nSPS) is 23.3. The number of cyclic esters (lactones) is 1. The van der Waals surface area contributed by atoms with Gasteiger partial charge in [-0.2, -0.15) is 0 Å². The largest absolute Gasteiger partial charge is 0.462 e. The molecule has 0 saturated carbocycles. The Labute approximate surface area is 158 Å². The first-order valence-electron chi connectivity index (χ1n) is 10.2. The molecule has 3 heterocycles. The van der Waals surface area contributed by atoms with Gasteiger partial charge in [-0.15, -0.1) is 0 Å².